The van der Waals surface area contributed by atoms with E-state index in [1.807, 2.05) is 72.4 Å². The van der Waals surface area contributed by atoms with Crippen LogP contribution >= 0.6 is 0 Å². The minimum absolute atomic E-state index is 0. The molecule has 0 saturated heterocycles. The summed E-state index contributed by atoms with van der Waals surface area (Å²) in [4.78, 5) is 9.15. The van der Waals surface area contributed by atoms with Crippen LogP contribution in [0.3, 0.4) is 0 Å². The van der Waals surface area contributed by atoms with E-state index in [1.54, 1.807) is 0 Å². The molecule has 0 spiro atoms. The van der Waals surface area contributed by atoms with Crippen LogP contribution < -0.4 is 14.5 Å². The minimum Gasteiger partial charge on any atom is -0.509 e. The predicted molar refractivity (Wildman–Crippen MR) is 308 cm³/mol. The van der Waals surface area contributed by atoms with Gasteiger partial charge in [-0.15, -0.1) is 48.0 Å². The Morgan fingerprint density at radius 1 is 0.520 bits per heavy atom. The van der Waals surface area contributed by atoms with E-state index in [-0.39, 0.29) is 61.5 Å². The molecule has 0 radical (unpaired) electrons. The van der Waals surface area contributed by atoms with Crippen LogP contribution in [-0.2, 0) is 31.9 Å². The quantitative estimate of drug-likeness (QED) is 0.135. The zero-order valence-electron chi connectivity index (χ0n) is 46.1. The number of hydrogen-bond donors (Lipinski definition) is 0. The number of anilines is 4. The number of aryl methyl sites for hydroxylation is 1. The van der Waals surface area contributed by atoms with Crippen molar-refractivity contribution in [3.05, 3.63) is 248 Å². The van der Waals surface area contributed by atoms with Crippen LogP contribution in [0.1, 0.15) is 62.3 Å². The van der Waals surface area contributed by atoms with Gasteiger partial charge in [-0.25, -0.2) is 4.98 Å². The maximum absolute atomic E-state index is 9.47. The molecule has 11 aromatic rings. The first-order valence-electron chi connectivity index (χ1n) is 26.8. The van der Waals surface area contributed by atoms with Crippen molar-refractivity contribution in [2.45, 2.75) is 59.3 Å². The van der Waals surface area contributed by atoms with E-state index in [1.165, 1.54) is 11.1 Å². The molecule has 0 atom stereocenters. The van der Waals surface area contributed by atoms with Crippen molar-refractivity contribution in [3.63, 3.8) is 0 Å². The maximum atomic E-state index is 9.47. The van der Waals surface area contributed by atoms with Gasteiger partial charge in [0.25, 0.3) is 0 Å². The maximum Gasteiger partial charge on any atom is 0.135 e. The van der Waals surface area contributed by atoms with Gasteiger partial charge in [-0.1, -0.05) is 193 Å². The van der Waals surface area contributed by atoms with E-state index in [0.717, 1.165) is 94.8 Å². The van der Waals surface area contributed by atoms with E-state index in [0.29, 0.717) is 5.75 Å². The molecule has 1 aliphatic heterocycles. The van der Waals surface area contributed by atoms with Crippen LogP contribution in [0.25, 0.3) is 72.1 Å². The normalized spacial score (nSPS) is 13.1. The van der Waals surface area contributed by atoms with Crippen molar-refractivity contribution >= 4 is 44.6 Å². The summed E-state index contributed by atoms with van der Waals surface area (Å²) in [6.45, 7) is 17.4. The molecule has 0 N–H and O–H groups in total. The number of ether oxygens (including phenoxy) is 1. The third kappa shape index (κ3) is 9.36. The molecule has 75 heavy (non-hydrogen) atoms. The molecule has 9 aromatic carbocycles. The summed E-state index contributed by atoms with van der Waals surface area (Å²) < 4.78 is 36.8. The first-order chi connectivity index (χ1) is 37.1. The number of hydrogen-bond acceptors (Lipinski definition) is 4. The minimum atomic E-state index is -0.279. The van der Waals surface area contributed by atoms with Gasteiger partial charge in [0.15, 0.2) is 0 Å². The zero-order chi connectivity index (χ0) is 53.3. The first-order valence-corrected chi connectivity index (χ1v) is 25.3. The fraction of sp³-hybridized carbons (Fsp3) is 0.130. The molecule has 2 aromatic heterocycles. The Labute approximate surface area is 460 Å². The molecule has 12 rings (SSSR count). The summed E-state index contributed by atoms with van der Waals surface area (Å²) in [5.74, 6) is 1.09. The van der Waals surface area contributed by atoms with E-state index in [2.05, 4.69) is 204 Å². The van der Waals surface area contributed by atoms with Crippen molar-refractivity contribution in [1.29, 1.82) is 0 Å². The van der Waals surface area contributed by atoms with Crippen molar-refractivity contribution in [3.8, 4) is 61.8 Å². The molecule has 0 aliphatic carbocycles. The van der Waals surface area contributed by atoms with Crippen LogP contribution in [0.2, 0.25) is 0 Å². The van der Waals surface area contributed by atoms with Gasteiger partial charge in [-0.3, -0.25) is 0 Å². The number of rotatable bonds is 9. The molecular formula is C69H57N4OPt-3. The van der Waals surface area contributed by atoms with Crippen molar-refractivity contribution in [2.75, 3.05) is 9.80 Å². The Hall–Kier alpha value is -7.98. The molecular weight excluding hydrogens is 1100 g/mol. The molecule has 0 amide bonds. The Morgan fingerprint density at radius 3 is 1.84 bits per heavy atom. The van der Waals surface area contributed by atoms with E-state index < -0.39 is 0 Å². The number of aromatic nitrogens is 2. The van der Waals surface area contributed by atoms with Crippen molar-refractivity contribution < 1.29 is 29.9 Å². The first kappa shape index (κ1) is 45.6. The van der Waals surface area contributed by atoms with Gasteiger partial charge in [-0.05, 0) is 101 Å². The van der Waals surface area contributed by atoms with E-state index in [4.69, 9.17) is 9.72 Å². The molecule has 0 saturated carbocycles. The second-order valence-electron chi connectivity index (χ2n) is 21.2. The summed E-state index contributed by atoms with van der Waals surface area (Å²) in [6.07, 6.45) is 1.93. The Bertz CT molecular complexity index is 4070. The van der Waals surface area contributed by atoms with E-state index in [9.17, 15) is 4.11 Å². The summed E-state index contributed by atoms with van der Waals surface area (Å²) in [5.41, 5.74) is 16.6. The third-order valence-electron chi connectivity index (χ3n) is 14.2. The predicted octanol–water partition coefficient (Wildman–Crippen LogP) is 18.5. The molecule has 1 aliphatic rings. The average molecular weight is 1160 g/mol. The molecule has 3 heterocycles. The second-order valence-corrected chi connectivity index (χ2v) is 21.2. The number of para-hydroxylation sites is 3. The zero-order valence-corrected chi connectivity index (χ0v) is 45.3. The van der Waals surface area contributed by atoms with Crippen molar-refractivity contribution in [2.24, 2.45) is 0 Å². The molecule has 0 unspecified atom stereocenters. The molecule has 0 bridgehead atoms. The van der Waals surface area contributed by atoms with Crippen LogP contribution in [0.15, 0.2) is 212 Å². The summed E-state index contributed by atoms with van der Waals surface area (Å²) in [6, 6.07) is 71.6. The van der Waals surface area contributed by atoms with Gasteiger partial charge in [0.1, 0.15) is 5.82 Å². The molecule has 5 nitrogen and oxygen atoms in total. The molecule has 372 valence electrons. The Balaban J connectivity index is 0.00000645. The smallest absolute Gasteiger partial charge is 0.135 e. The summed E-state index contributed by atoms with van der Waals surface area (Å²) >= 11 is 0. The molecule has 0 fully saturated rings. The van der Waals surface area contributed by atoms with Gasteiger partial charge in [0.2, 0.25) is 0 Å². The topological polar surface area (TPSA) is 33.5 Å². The Kier molecular flexibility index (Phi) is 12.0. The van der Waals surface area contributed by atoms with Gasteiger partial charge in [-0.2, -0.15) is 12.1 Å². The van der Waals surface area contributed by atoms with Crippen LogP contribution in [0, 0.1) is 25.7 Å². The van der Waals surface area contributed by atoms with Gasteiger partial charge in [0.05, 0.1) is 0 Å². The largest absolute Gasteiger partial charge is 0.509 e. The fourth-order valence-electron chi connectivity index (χ4n) is 10.3. The van der Waals surface area contributed by atoms with Gasteiger partial charge in [0, 0.05) is 79.4 Å². The second kappa shape index (κ2) is 19.7. The average Bonchev–Trinajstić information content (AvgIpc) is 4.15. The van der Waals surface area contributed by atoms with Gasteiger partial charge >= 0.3 is 0 Å². The Morgan fingerprint density at radius 2 is 1.13 bits per heavy atom. The molecule has 6 heteroatoms. The van der Waals surface area contributed by atoms with E-state index >= 15 is 0 Å². The number of nitrogens with zero attached hydrogens (tertiary/aromatic N) is 4. The fourth-order valence-corrected chi connectivity index (χ4v) is 10.3. The number of pyridine rings is 1. The third-order valence-corrected chi connectivity index (χ3v) is 14.2. The van der Waals surface area contributed by atoms with Gasteiger partial charge < -0.3 is 19.1 Å². The van der Waals surface area contributed by atoms with Crippen LogP contribution in [0.4, 0.5) is 22.7 Å². The SMILES string of the molecule is [2H]c1c(Oc2[c-]c3c(cc2)c2cc(C(C)(C)C)ccc2n3-c2cc(C)c(-c3ccccc3)cn2)[c-]c(N2[CH-]N(c3c(-c4ccc(C(C)(C)C)cc4)cccc3-c3cccc(-c4ccccc4)c3)c3ccccc32)c([2H])c1[2H].[Pt]. The standard InChI is InChI=1S/C69H57N4O.Pt/c1-46-39-66(70-44-61(46)48-21-12-9-13-22-48)73-62-38-35-53(69(5,6)7)41-60(62)59-37-36-56(43-65(59)73)74-55-26-17-25-54(42-55)71-45-72(64-30-15-14-29-63(64)71)67-57(49-31-33-52(34-32-49)68(2,3)4)27-18-28-58(67)51-24-16-23-50(40-51)47-19-10-8-11-20-47;/h8-41,44-45H,1-7H3;/q-3;/i17D,25D,26D;. The van der Waals surface area contributed by atoms with Crippen LogP contribution in [0.5, 0.6) is 11.5 Å². The van der Waals surface area contributed by atoms with Crippen molar-refractivity contribution in [1.82, 2.24) is 9.55 Å². The number of fused-ring (bicyclic) bond motifs is 4. The summed E-state index contributed by atoms with van der Waals surface area (Å²) in [7, 11) is 0. The van der Waals surface area contributed by atoms with Crippen LogP contribution in [-0.4, -0.2) is 9.55 Å². The number of benzene rings is 9. The summed E-state index contributed by atoms with van der Waals surface area (Å²) in [5, 5.41) is 2.04. The monoisotopic (exact) mass is 1160 g/mol.